The van der Waals surface area contributed by atoms with Gasteiger partial charge in [-0.05, 0) is 68.0 Å². The van der Waals surface area contributed by atoms with Gasteiger partial charge in [-0.1, -0.05) is 61.3 Å². The summed E-state index contributed by atoms with van der Waals surface area (Å²) in [4.78, 5) is 28.7. The minimum Gasteiger partial charge on any atom is -0.469 e. The largest absolute Gasteiger partial charge is 0.469 e. The number of methoxy groups -OCH3 is 1. The fraction of sp³-hybridized carbons (Fsp3) is 0.517. The van der Waals surface area contributed by atoms with Crippen LogP contribution in [0.4, 0.5) is 0 Å². The highest BCUT2D eigenvalue weighted by atomic mass is 35.5. The summed E-state index contributed by atoms with van der Waals surface area (Å²) in [5, 5.41) is 1.14. The molecule has 1 N–H and O–H groups in total. The van der Waals surface area contributed by atoms with Gasteiger partial charge >= 0.3 is 5.97 Å². The number of likely N-dealkylation sites (tertiary alicyclic amines) is 1. The SMILES string of the molecule is CCC(CNS(=O)(=O)C1(C)CC1)N1C(=O)[C@@](C)(CC(=O)OC)C[C@H](c2cccc(Cl)c2)[C@H]1c1ccc(Cl)cc1. The molecule has 10 heteroatoms. The number of sulfonamides is 1. The van der Waals surface area contributed by atoms with Crippen molar-refractivity contribution in [1.29, 1.82) is 0 Å². The van der Waals surface area contributed by atoms with Crippen LogP contribution < -0.4 is 4.72 Å². The molecule has 0 aromatic heterocycles. The van der Waals surface area contributed by atoms with E-state index in [1.54, 1.807) is 36.9 Å². The Labute approximate surface area is 241 Å². The van der Waals surface area contributed by atoms with Gasteiger partial charge in [0.1, 0.15) is 0 Å². The van der Waals surface area contributed by atoms with Crippen molar-refractivity contribution in [2.24, 2.45) is 5.41 Å². The Morgan fingerprint density at radius 3 is 2.33 bits per heavy atom. The van der Waals surface area contributed by atoms with Gasteiger partial charge in [-0.3, -0.25) is 9.59 Å². The second-order valence-electron chi connectivity index (χ2n) is 11.3. The molecule has 0 bridgehead atoms. The van der Waals surface area contributed by atoms with E-state index in [1.165, 1.54) is 7.11 Å². The van der Waals surface area contributed by atoms with E-state index in [4.69, 9.17) is 27.9 Å². The third-order valence-electron chi connectivity index (χ3n) is 8.33. The molecule has 39 heavy (non-hydrogen) atoms. The summed E-state index contributed by atoms with van der Waals surface area (Å²) in [5.41, 5.74) is 0.725. The van der Waals surface area contributed by atoms with Crippen molar-refractivity contribution < 1.29 is 22.7 Å². The molecule has 1 aliphatic heterocycles. The van der Waals surface area contributed by atoms with Crippen molar-refractivity contribution in [3.05, 3.63) is 69.7 Å². The Bertz CT molecular complexity index is 1330. The summed E-state index contributed by atoms with van der Waals surface area (Å²) in [5.74, 6) is -0.922. The van der Waals surface area contributed by atoms with Gasteiger partial charge in [-0.25, -0.2) is 13.1 Å². The van der Waals surface area contributed by atoms with E-state index in [0.29, 0.717) is 35.7 Å². The first kappa shape index (κ1) is 29.8. The van der Waals surface area contributed by atoms with Gasteiger partial charge in [-0.2, -0.15) is 0 Å². The van der Waals surface area contributed by atoms with Crippen LogP contribution in [-0.4, -0.2) is 49.6 Å². The minimum absolute atomic E-state index is 0.0703. The maximum Gasteiger partial charge on any atom is 0.306 e. The maximum absolute atomic E-state index is 14.4. The molecule has 2 aliphatic rings. The molecule has 1 aliphatic carbocycles. The van der Waals surface area contributed by atoms with Gasteiger partial charge < -0.3 is 9.64 Å². The van der Waals surface area contributed by atoms with Crippen LogP contribution >= 0.6 is 23.2 Å². The highest BCUT2D eigenvalue weighted by Crippen LogP contribution is 2.52. The van der Waals surface area contributed by atoms with Crippen LogP contribution in [0.1, 0.15) is 76.0 Å². The number of hydrogen-bond acceptors (Lipinski definition) is 5. The molecular weight excluding hydrogens is 559 g/mol. The molecule has 4 atom stereocenters. The van der Waals surface area contributed by atoms with E-state index >= 15 is 0 Å². The molecule has 1 saturated carbocycles. The van der Waals surface area contributed by atoms with Crippen molar-refractivity contribution in [2.75, 3.05) is 13.7 Å². The van der Waals surface area contributed by atoms with Gasteiger partial charge in [0, 0.05) is 28.5 Å². The van der Waals surface area contributed by atoms with Crippen molar-refractivity contribution in [2.45, 2.75) is 75.6 Å². The fourth-order valence-corrected chi connectivity index (χ4v) is 7.33. The van der Waals surface area contributed by atoms with Gasteiger partial charge in [0.15, 0.2) is 0 Å². The lowest BCUT2D eigenvalue weighted by Crippen LogP contribution is -2.58. The standard InChI is InChI=1S/C29H36Cl2N2O5S/c1-5-23(18-32-39(36,37)29(3)13-14-29)33-26(19-9-11-21(30)12-10-19)24(20-7-6-8-22(31)15-20)16-28(2,27(33)35)17-25(34)38-4/h6-12,15,23-24,26,32H,5,13-14,16-18H2,1-4H3/t23?,24-,26-,28-/m1/s1. The van der Waals surface area contributed by atoms with E-state index in [0.717, 1.165) is 11.1 Å². The summed E-state index contributed by atoms with van der Waals surface area (Å²) < 4.78 is 33.0. The second kappa shape index (κ2) is 11.4. The lowest BCUT2D eigenvalue weighted by Gasteiger charge is -2.52. The molecule has 2 aromatic rings. The Kier molecular flexibility index (Phi) is 8.72. The molecule has 4 rings (SSSR count). The molecule has 1 unspecified atom stereocenters. The molecule has 212 valence electrons. The van der Waals surface area contributed by atoms with Crippen LogP contribution in [0.25, 0.3) is 0 Å². The highest BCUT2D eigenvalue weighted by molar-refractivity contribution is 7.91. The molecule has 1 heterocycles. The Hall–Kier alpha value is -2.13. The van der Waals surface area contributed by atoms with Gasteiger partial charge in [0.2, 0.25) is 15.9 Å². The van der Waals surface area contributed by atoms with E-state index in [1.807, 2.05) is 37.3 Å². The van der Waals surface area contributed by atoms with Gasteiger partial charge in [-0.15, -0.1) is 0 Å². The molecule has 2 fully saturated rings. The van der Waals surface area contributed by atoms with Gasteiger partial charge in [0.05, 0.1) is 29.7 Å². The zero-order chi connectivity index (χ0) is 28.6. The first-order chi connectivity index (χ1) is 18.3. The number of carbonyl (C=O) groups is 2. The van der Waals surface area contributed by atoms with Crippen LogP contribution in [0.3, 0.4) is 0 Å². The first-order valence-corrected chi connectivity index (χ1v) is 15.5. The lowest BCUT2D eigenvalue weighted by molar-refractivity contribution is -0.161. The fourth-order valence-electron chi connectivity index (χ4n) is 5.60. The minimum atomic E-state index is -3.56. The lowest BCUT2D eigenvalue weighted by atomic mass is 9.67. The van der Waals surface area contributed by atoms with Crippen LogP contribution in [0.15, 0.2) is 48.5 Å². The summed E-state index contributed by atoms with van der Waals surface area (Å²) in [6.45, 7) is 5.53. The van der Waals surface area contributed by atoms with Crippen LogP contribution in [-0.2, 0) is 24.3 Å². The van der Waals surface area contributed by atoms with Crippen molar-refractivity contribution in [3.8, 4) is 0 Å². The van der Waals surface area contributed by atoms with Gasteiger partial charge in [0.25, 0.3) is 0 Å². The van der Waals surface area contributed by atoms with Crippen LogP contribution in [0, 0.1) is 5.41 Å². The molecule has 0 spiro atoms. The molecule has 2 aromatic carbocycles. The molecular formula is C29H36Cl2N2O5S. The zero-order valence-electron chi connectivity index (χ0n) is 22.7. The molecule has 1 saturated heterocycles. The monoisotopic (exact) mass is 594 g/mol. The predicted octanol–water partition coefficient (Wildman–Crippen LogP) is 5.87. The third-order valence-corrected chi connectivity index (χ3v) is 11.1. The summed E-state index contributed by atoms with van der Waals surface area (Å²) >= 11 is 12.6. The van der Waals surface area contributed by atoms with E-state index in [9.17, 15) is 18.0 Å². The number of rotatable bonds is 10. The number of carbonyl (C=O) groups excluding carboxylic acids is 2. The Balaban J connectivity index is 1.83. The molecule has 7 nitrogen and oxygen atoms in total. The average Bonchev–Trinajstić information content (AvgIpc) is 3.66. The smallest absolute Gasteiger partial charge is 0.306 e. The summed E-state index contributed by atoms with van der Waals surface area (Å²) in [7, 11) is -2.25. The summed E-state index contributed by atoms with van der Waals surface area (Å²) in [6, 6.07) is 14.0. The first-order valence-electron chi connectivity index (χ1n) is 13.2. The molecule has 0 radical (unpaired) electrons. The second-order valence-corrected chi connectivity index (χ2v) is 14.4. The van der Waals surface area contributed by atoms with Crippen LogP contribution in [0.5, 0.6) is 0 Å². The van der Waals surface area contributed by atoms with E-state index < -0.39 is 38.2 Å². The number of piperidine rings is 1. The number of amides is 1. The number of nitrogens with one attached hydrogen (secondary N) is 1. The van der Waals surface area contributed by atoms with Crippen molar-refractivity contribution >= 4 is 45.1 Å². The average molecular weight is 596 g/mol. The molecule has 1 amide bonds. The quantitative estimate of drug-likeness (QED) is 0.347. The predicted molar refractivity (Wildman–Crippen MR) is 153 cm³/mol. The zero-order valence-corrected chi connectivity index (χ0v) is 25.1. The number of benzene rings is 2. The number of hydrogen-bond donors (Lipinski definition) is 1. The Morgan fingerprint density at radius 2 is 1.77 bits per heavy atom. The van der Waals surface area contributed by atoms with Crippen molar-refractivity contribution in [1.82, 2.24) is 9.62 Å². The number of ether oxygens (including phenoxy) is 1. The number of esters is 1. The van der Waals surface area contributed by atoms with E-state index in [2.05, 4.69) is 4.72 Å². The van der Waals surface area contributed by atoms with E-state index in [-0.39, 0.29) is 24.8 Å². The third kappa shape index (κ3) is 6.14. The maximum atomic E-state index is 14.4. The summed E-state index contributed by atoms with van der Waals surface area (Å²) in [6.07, 6.45) is 2.02. The number of nitrogens with zero attached hydrogens (tertiary/aromatic N) is 1. The normalized spacial score (nSPS) is 25.3. The van der Waals surface area contributed by atoms with Crippen LogP contribution in [0.2, 0.25) is 10.0 Å². The highest BCUT2D eigenvalue weighted by Gasteiger charge is 2.53. The van der Waals surface area contributed by atoms with Crippen molar-refractivity contribution in [3.63, 3.8) is 0 Å². The topological polar surface area (TPSA) is 92.8 Å². The Morgan fingerprint density at radius 1 is 1.10 bits per heavy atom. The number of halogens is 2.